The monoisotopic (exact) mass is 408 g/mol. The van der Waals surface area contributed by atoms with Crippen molar-refractivity contribution in [3.05, 3.63) is 47.7 Å². The van der Waals surface area contributed by atoms with E-state index in [0.717, 1.165) is 24.0 Å². The Balaban J connectivity index is 1.37. The highest BCUT2D eigenvalue weighted by atomic mass is 16.7. The molecule has 4 rings (SSSR count). The molecule has 0 radical (unpaired) electrons. The number of anilines is 1. The lowest BCUT2D eigenvalue weighted by molar-refractivity contribution is 0.00578. The topological polar surface area (TPSA) is 90.6 Å². The van der Waals surface area contributed by atoms with Gasteiger partial charge >= 0.3 is 7.12 Å². The summed E-state index contributed by atoms with van der Waals surface area (Å²) in [5, 5.41) is 8.14. The molecule has 1 amide bonds. The molecule has 1 aromatic carbocycles. The van der Waals surface area contributed by atoms with Crippen LogP contribution in [-0.4, -0.2) is 52.4 Å². The Morgan fingerprint density at radius 3 is 2.13 bits per heavy atom. The van der Waals surface area contributed by atoms with Gasteiger partial charge in [-0.25, -0.2) is 0 Å². The van der Waals surface area contributed by atoms with Gasteiger partial charge in [0, 0.05) is 24.6 Å². The molecule has 2 fully saturated rings. The second-order valence-electron chi connectivity index (χ2n) is 9.16. The van der Waals surface area contributed by atoms with Gasteiger partial charge in [-0.15, -0.1) is 5.10 Å². The van der Waals surface area contributed by atoms with Crippen molar-refractivity contribution in [2.75, 3.05) is 18.8 Å². The van der Waals surface area contributed by atoms with Gasteiger partial charge in [-0.2, -0.15) is 5.10 Å². The molecule has 158 valence electrons. The van der Waals surface area contributed by atoms with E-state index in [0.29, 0.717) is 30.4 Å². The van der Waals surface area contributed by atoms with Gasteiger partial charge in [-0.3, -0.25) is 4.79 Å². The minimum atomic E-state index is -0.420. The Labute approximate surface area is 178 Å². The number of piperidine rings is 1. The minimum Gasteiger partial charge on any atom is -0.399 e. The van der Waals surface area contributed by atoms with Crippen LogP contribution < -0.4 is 11.2 Å². The van der Waals surface area contributed by atoms with Crippen LogP contribution in [0.2, 0.25) is 0 Å². The highest BCUT2D eigenvalue weighted by Gasteiger charge is 2.51. The highest BCUT2D eigenvalue weighted by molar-refractivity contribution is 6.62. The Bertz CT molecular complexity index is 891. The molecule has 0 spiro atoms. The van der Waals surface area contributed by atoms with E-state index in [1.54, 1.807) is 6.07 Å². The van der Waals surface area contributed by atoms with Crippen molar-refractivity contribution in [3.63, 3.8) is 0 Å². The number of nitrogens with two attached hydrogens (primary N) is 1. The van der Waals surface area contributed by atoms with Crippen molar-refractivity contribution in [3.8, 4) is 0 Å². The molecule has 1 aromatic heterocycles. The fourth-order valence-corrected chi connectivity index (χ4v) is 3.89. The van der Waals surface area contributed by atoms with Gasteiger partial charge in [0.15, 0.2) is 0 Å². The van der Waals surface area contributed by atoms with E-state index < -0.39 is 7.12 Å². The molecule has 30 heavy (non-hydrogen) atoms. The zero-order chi connectivity index (χ0) is 21.5. The maximum atomic E-state index is 12.9. The fraction of sp³-hybridized carbons (Fsp3) is 0.500. The van der Waals surface area contributed by atoms with E-state index >= 15 is 0 Å². The number of benzene rings is 1. The number of nitrogens with zero attached hydrogens (tertiary/aromatic N) is 3. The third-order valence-electron chi connectivity index (χ3n) is 6.59. The van der Waals surface area contributed by atoms with Crippen LogP contribution in [0.25, 0.3) is 0 Å². The SMILES string of the molecule is CC1(C)OB(c2ccc(C(=O)N3CCC(c4ccc(N)nn4)CC3)cc2)OC1(C)C. The number of amides is 1. The third kappa shape index (κ3) is 3.94. The minimum absolute atomic E-state index is 0.0531. The van der Waals surface area contributed by atoms with Crippen LogP contribution in [0.4, 0.5) is 5.82 Å². The molecule has 2 aliphatic rings. The number of aromatic nitrogens is 2. The van der Waals surface area contributed by atoms with Crippen LogP contribution in [0.5, 0.6) is 0 Å². The highest BCUT2D eigenvalue weighted by Crippen LogP contribution is 2.36. The summed E-state index contributed by atoms with van der Waals surface area (Å²) in [6.07, 6.45) is 1.74. The van der Waals surface area contributed by atoms with E-state index in [4.69, 9.17) is 15.0 Å². The van der Waals surface area contributed by atoms with Gasteiger partial charge in [0.1, 0.15) is 5.82 Å². The molecule has 2 aromatic rings. The van der Waals surface area contributed by atoms with E-state index in [1.165, 1.54) is 0 Å². The molecular weight excluding hydrogens is 379 g/mol. The first kappa shape index (κ1) is 20.8. The summed E-state index contributed by atoms with van der Waals surface area (Å²) < 4.78 is 12.2. The Morgan fingerprint density at radius 2 is 1.60 bits per heavy atom. The smallest absolute Gasteiger partial charge is 0.399 e. The van der Waals surface area contributed by atoms with Crippen LogP contribution in [0.1, 0.15) is 62.5 Å². The second-order valence-corrected chi connectivity index (χ2v) is 9.16. The van der Waals surface area contributed by atoms with E-state index in [-0.39, 0.29) is 17.1 Å². The van der Waals surface area contributed by atoms with Crippen LogP contribution >= 0.6 is 0 Å². The average Bonchev–Trinajstić information content (AvgIpc) is 2.95. The zero-order valence-corrected chi connectivity index (χ0v) is 18.1. The van der Waals surface area contributed by atoms with Gasteiger partial charge in [0.2, 0.25) is 0 Å². The van der Waals surface area contributed by atoms with Crippen molar-refractivity contribution in [1.29, 1.82) is 0 Å². The largest absolute Gasteiger partial charge is 0.494 e. The van der Waals surface area contributed by atoms with Crippen molar-refractivity contribution in [2.45, 2.75) is 57.7 Å². The van der Waals surface area contributed by atoms with Crippen molar-refractivity contribution in [1.82, 2.24) is 15.1 Å². The molecule has 7 nitrogen and oxygen atoms in total. The molecule has 2 saturated heterocycles. The molecule has 2 aliphatic heterocycles. The standard InChI is InChI=1S/C22H29BN4O3/c1-21(2)22(3,4)30-23(29-21)17-7-5-16(6-8-17)20(28)27-13-11-15(12-14-27)18-9-10-19(24)26-25-18/h5-10,15H,11-14H2,1-4H3,(H2,24,26). The Kier molecular flexibility index (Phi) is 5.32. The van der Waals surface area contributed by atoms with Crippen LogP contribution in [0.3, 0.4) is 0 Å². The molecule has 2 N–H and O–H groups in total. The quantitative estimate of drug-likeness (QED) is 0.785. The molecular formula is C22H29BN4O3. The van der Waals surface area contributed by atoms with Crippen molar-refractivity contribution in [2.24, 2.45) is 0 Å². The van der Waals surface area contributed by atoms with E-state index in [2.05, 4.69) is 10.2 Å². The van der Waals surface area contributed by atoms with Crippen molar-refractivity contribution < 1.29 is 14.1 Å². The van der Waals surface area contributed by atoms with Gasteiger partial charge in [-0.05, 0) is 70.3 Å². The van der Waals surface area contributed by atoms with E-state index in [9.17, 15) is 4.79 Å². The van der Waals surface area contributed by atoms with Crippen LogP contribution in [0.15, 0.2) is 36.4 Å². The normalized spacial score (nSPS) is 21.1. The van der Waals surface area contributed by atoms with Gasteiger partial charge in [0.25, 0.3) is 5.91 Å². The molecule has 0 atom stereocenters. The van der Waals surface area contributed by atoms with Gasteiger partial charge < -0.3 is 19.9 Å². The van der Waals surface area contributed by atoms with Gasteiger partial charge in [0.05, 0.1) is 16.9 Å². The fourth-order valence-electron chi connectivity index (χ4n) is 3.89. The second kappa shape index (κ2) is 7.67. The lowest BCUT2D eigenvalue weighted by Crippen LogP contribution is -2.41. The molecule has 0 unspecified atom stereocenters. The zero-order valence-electron chi connectivity index (χ0n) is 18.1. The number of nitrogen functional groups attached to an aromatic ring is 1. The summed E-state index contributed by atoms with van der Waals surface area (Å²) in [6.45, 7) is 9.53. The maximum absolute atomic E-state index is 12.9. The first-order valence-corrected chi connectivity index (χ1v) is 10.5. The number of carbonyl (C=O) groups is 1. The summed E-state index contributed by atoms with van der Waals surface area (Å²) in [7, 11) is -0.420. The third-order valence-corrected chi connectivity index (χ3v) is 6.59. The van der Waals surface area contributed by atoms with E-state index in [1.807, 2.05) is 62.9 Å². The summed E-state index contributed by atoms with van der Waals surface area (Å²) in [6, 6.07) is 11.3. The molecule has 3 heterocycles. The number of likely N-dealkylation sites (tertiary alicyclic amines) is 1. The summed E-state index contributed by atoms with van der Waals surface area (Å²) >= 11 is 0. The number of hydrogen-bond acceptors (Lipinski definition) is 6. The van der Waals surface area contributed by atoms with Gasteiger partial charge in [-0.1, -0.05) is 12.1 Å². The Morgan fingerprint density at radius 1 is 1.00 bits per heavy atom. The van der Waals surface area contributed by atoms with Crippen LogP contribution in [0, 0.1) is 0 Å². The average molecular weight is 408 g/mol. The maximum Gasteiger partial charge on any atom is 0.494 e. The first-order chi connectivity index (χ1) is 14.2. The number of hydrogen-bond donors (Lipinski definition) is 1. The lowest BCUT2D eigenvalue weighted by atomic mass is 9.79. The first-order valence-electron chi connectivity index (χ1n) is 10.5. The summed E-state index contributed by atoms with van der Waals surface area (Å²) in [4.78, 5) is 14.9. The summed E-state index contributed by atoms with van der Waals surface area (Å²) in [5.74, 6) is 0.792. The summed E-state index contributed by atoms with van der Waals surface area (Å²) in [5.41, 5.74) is 7.40. The molecule has 0 aliphatic carbocycles. The number of carbonyl (C=O) groups excluding carboxylic acids is 1. The van der Waals surface area contributed by atoms with Crippen molar-refractivity contribution >= 4 is 24.3 Å². The molecule has 8 heteroatoms. The Hall–Kier alpha value is -2.45. The number of rotatable bonds is 3. The molecule has 0 saturated carbocycles. The predicted octanol–water partition coefficient (Wildman–Crippen LogP) is 2.38. The van der Waals surface area contributed by atoms with Crippen LogP contribution in [-0.2, 0) is 9.31 Å². The predicted molar refractivity (Wildman–Crippen MR) is 116 cm³/mol. The lowest BCUT2D eigenvalue weighted by Gasteiger charge is -2.32. The molecule has 0 bridgehead atoms.